The molecule has 0 aliphatic rings. The number of rotatable bonds is 5. The third-order valence-electron chi connectivity index (χ3n) is 3.18. The fourth-order valence-electron chi connectivity index (χ4n) is 1.89. The summed E-state index contributed by atoms with van der Waals surface area (Å²) in [7, 11) is 1.97. The quantitative estimate of drug-likeness (QED) is 0.869. The third kappa shape index (κ3) is 3.56. The molecule has 2 unspecified atom stereocenters. The van der Waals surface area contributed by atoms with Crippen LogP contribution in [0.3, 0.4) is 0 Å². The lowest BCUT2D eigenvalue weighted by molar-refractivity contribution is 0.380. The van der Waals surface area contributed by atoms with Gasteiger partial charge in [0, 0.05) is 10.5 Å². The molecule has 0 aromatic heterocycles. The number of benzene rings is 1. The van der Waals surface area contributed by atoms with E-state index in [1.165, 1.54) is 6.07 Å². The van der Waals surface area contributed by atoms with E-state index in [1.54, 1.807) is 12.1 Å². The Hall–Kier alpha value is -0.410. The molecule has 1 aromatic rings. The molecule has 3 heteroatoms. The van der Waals surface area contributed by atoms with Gasteiger partial charge in [-0.1, -0.05) is 29.3 Å². The van der Waals surface area contributed by atoms with Crippen molar-refractivity contribution in [1.82, 2.24) is 5.32 Å². The van der Waals surface area contributed by atoms with Crippen LogP contribution in [-0.4, -0.2) is 13.1 Å². The summed E-state index contributed by atoms with van der Waals surface area (Å²) < 4.78 is 14.1. The Morgan fingerprint density at radius 1 is 1.44 bits per heavy atom. The van der Waals surface area contributed by atoms with E-state index in [1.807, 2.05) is 7.05 Å². The number of nitrogens with one attached hydrogen (secondary N) is 1. The average Bonchev–Trinajstić information content (AvgIpc) is 2.29. The maximum absolute atomic E-state index is 13.1. The van der Waals surface area contributed by atoms with Crippen molar-refractivity contribution in [2.45, 2.75) is 32.7 Å². The molecule has 0 heterocycles. The van der Waals surface area contributed by atoms with Crippen LogP contribution >= 0.6 is 15.9 Å². The molecule has 1 aromatic carbocycles. The number of halogens is 2. The van der Waals surface area contributed by atoms with Gasteiger partial charge in [0.2, 0.25) is 0 Å². The summed E-state index contributed by atoms with van der Waals surface area (Å²) in [5, 5.41) is 3.26. The Morgan fingerprint density at radius 2 is 2.12 bits per heavy atom. The van der Waals surface area contributed by atoms with Crippen molar-refractivity contribution in [2.75, 3.05) is 7.05 Å². The Balaban J connectivity index is 2.81. The highest BCUT2D eigenvalue weighted by molar-refractivity contribution is 9.10. The van der Waals surface area contributed by atoms with Gasteiger partial charge < -0.3 is 5.32 Å². The van der Waals surface area contributed by atoms with Crippen molar-refractivity contribution in [1.29, 1.82) is 0 Å². The molecule has 0 aliphatic carbocycles. The van der Waals surface area contributed by atoms with Crippen molar-refractivity contribution in [3.63, 3.8) is 0 Å². The summed E-state index contributed by atoms with van der Waals surface area (Å²) in [4.78, 5) is 0. The summed E-state index contributed by atoms with van der Waals surface area (Å²) in [6.07, 6.45) is 1.99. The molecular weight excluding hydrogens is 269 g/mol. The van der Waals surface area contributed by atoms with Crippen LogP contribution in [-0.2, 0) is 6.42 Å². The molecule has 0 saturated carbocycles. The van der Waals surface area contributed by atoms with E-state index < -0.39 is 0 Å². The zero-order valence-electron chi connectivity index (χ0n) is 10.1. The lowest BCUT2D eigenvalue weighted by Gasteiger charge is -2.22. The second-order valence-corrected chi connectivity index (χ2v) is 5.04. The normalized spacial score (nSPS) is 14.8. The first-order valence-electron chi connectivity index (χ1n) is 5.69. The van der Waals surface area contributed by atoms with Gasteiger partial charge in [0.05, 0.1) is 0 Å². The van der Waals surface area contributed by atoms with Gasteiger partial charge in [-0.15, -0.1) is 0 Å². The van der Waals surface area contributed by atoms with Crippen molar-refractivity contribution in [2.24, 2.45) is 5.92 Å². The Labute approximate surface area is 106 Å². The first kappa shape index (κ1) is 13.7. The smallest absolute Gasteiger partial charge is 0.123 e. The number of hydrogen-bond donors (Lipinski definition) is 1. The van der Waals surface area contributed by atoms with Crippen LogP contribution < -0.4 is 5.32 Å². The molecule has 2 atom stereocenters. The lowest BCUT2D eigenvalue weighted by Crippen LogP contribution is -2.31. The van der Waals surface area contributed by atoms with E-state index in [4.69, 9.17) is 0 Å². The van der Waals surface area contributed by atoms with Gasteiger partial charge in [-0.25, -0.2) is 4.39 Å². The molecule has 0 fully saturated rings. The van der Waals surface area contributed by atoms with Gasteiger partial charge in [-0.2, -0.15) is 0 Å². The topological polar surface area (TPSA) is 12.0 Å². The molecule has 0 amide bonds. The molecule has 1 N–H and O–H groups in total. The SMILES string of the molecule is CCC(Cc1cc(F)ccc1Br)C(C)NC. The van der Waals surface area contributed by atoms with Crippen LogP contribution in [0.2, 0.25) is 0 Å². The van der Waals surface area contributed by atoms with Gasteiger partial charge in [-0.05, 0) is 50.1 Å². The standard InChI is InChI=1S/C13H19BrFN/c1-4-10(9(2)16-3)7-11-8-12(15)5-6-13(11)14/h5-6,8-10,16H,4,7H2,1-3H3. The zero-order chi connectivity index (χ0) is 12.1. The molecule has 0 saturated heterocycles. The summed E-state index contributed by atoms with van der Waals surface area (Å²) in [6.45, 7) is 4.34. The second kappa shape index (κ2) is 6.36. The van der Waals surface area contributed by atoms with E-state index >= 15 is 0 Å². The summed E-state index contributed by atoms with van der Waals surface area (Å²) in [5.41, 5.74) is 1.05. The van der Waals surface area contributed by atoms with Gasteiger partial charge in [0.25, 0.3) is 0 Å². The fraction of sp³-hybridized carbons (Fsp3) is 0.538. The van der Waals surface area contributed by atoms with Crippen molar-refractivity contribution in [3.8, 4) is 0 Å². The summed E-state index contributed by atoms with van der Waals surface area (Å²) in [6, 6.07) is 5.33. The second-order valence-electron chi connectivity index (χ2n) is 4.19. The molecule has 0 bridgehead atoms. The summed E-state index contributed by atoms with van der Waals surface area (Å²) >= 11 is 3.47. The molecular formula is C13H19BrFN. The van der Waals surface area contributed by atoms with Crippen molar-refractivity contribution < 1.29 is 4.39 Å². The molecule has 16 heavy (non-hydrogen) atoms. The van der Waals surface area contributed by atoms with E-state index in [-0.39, 0.29) is 5.82 Å². The molecule has 1 nitrogen and oxygen atoms in total. The van der Waals surface area contributed by atoms with Crippen LogP contribution in [0.25, 0.3) is 0 Å². The van der Waals surface area contributed by atoms with Crippen molar-refractivity contribution >= 4 is 15.9 Å². The predicted molar refractivity (Wildman–Crippen MR) is 70.1 cm³/mol. The highest BCUT2D eigenvalue weighted by Gasteiger charge is 2.15. The van der Waals surface area contributed by atoms with E-state index in [0.29, 0.717) is 12.0 Å². The third-order valence-corrected chi connectivity index (χ3v) is 3.95. The summed E-state index contributed by atoms with van der Waals surface area (Å²) in [5.74, 6) is 0.369. The predicted octanol–water partition coefficient (Wildman–Crippen LogP) is 3.76. The van der Waals surface area contributed by atoms with Crippen LogP contribution in [0.4, 0.5) is 4.39 Å². The van der Waals surface area contributed by atoms with Gasteiger partial charge in [-0.3, -0.25) is 0 Å². The van der Waals surface area contributed by atoms with Crippen LogP contribution in [0, 0.1) is 11.7 Å². The van der Waals surface area contributed by atoms with Crippen LogP contribution in [0.15, 0.2) is 22.7 Å². The first-order valence-corrected chi connectivity index (χ1v) is 6.49. The van der Waals surface area contributed by atoms with Crippen LogP contribution in [0.1, 0.15) is 25.8 Å². The largest absolute Gasteiger partial charge is 0.317 e. The molecule has 0 radical (unpaired) electrons. The Bertz CT molecular complexity index is 341. The van der Waals surface area contributed by atoms with Crippen molar-refractivity contribution in [3.05, 3.63) is 34.1 Å². The van der Waals surface area contributed by atoms with Gasteiger partial charge in [0.15, 0.2) is 0 Å². The minimum atomic E-state index is -0.162. The van der Waals surface area contributed by atoms with E-state index in [0.717, 1.165) is 22.9 Å². The highest BCUT2D eigenvalue weighted by Crippen LogP contribution is 2.23. The monoisotopic (exact) mass is 287 g/mol. The lowest BCUT2D eigenvalue weighted by atomic mass is 9.91. The Morgan fingerprint density at radius 3 is 2.69 bits per heavy atom. The maximum Gasteiger partial charge on any atom is 0.123 e. The molecule has 0 aliphatic heterocycles. The molecule has 90 valence electrons. The first-order chi connectivity index (χ1) is 7.58. The van der Waals surface area contributed by atoms with E-state index in [2.05, 4.69) is 35.1 Å². The number of hydrogen-bond acceptors (Lipinski definition) is 1. The Kier molecular flexibility index (Phi) is 5.42. The molecule has 1 rings (SSSR count). The fourth-order valence-corrected chi connectivity index (χ4v) is 2.30. The maximum atomic E-state index is 13.1. The minimum Gasteiger partial charge on any atom is -0.317 e. The van der Waals surface area contributed by atoms with Gasteiger partial charge >= 0.3 is 0 Å². The van der Waals surface area contributed by atoms with E-state index in [9.17, 15) is 4.39 Å². The minimum absolute atomic E-state index is 0.162. The zero-order valence-corrected chi connectivity index (χ0v) is 11.6. The molecule has 0 spiro atoms. The highest BCUT2D eigenvalue weighted by atomic mass is 79.9. The average molecular weight is 288 g/mol. The van der Waals surface area contributed by atoms with Crippen LogP contribution in [0.5, 0.6) is 0 Å². The van der Waals surface area contributed by atoms with Gasteiger partial charge in [0.1, 0.15) is 5.82 Å².